The van der Waals surface area contributed by atoms with Crippen LogP contribution in [0.15, 0.2) is 41.6 Å². The van der Waals surface area contributed by atoms with Crippen LogP contribution in [0.1, 0.15) is 11.4 Å². The molecule has 10 nitrogen and oxygen atoms in total. The highest BCUT2D eigenvalue weighted by Crippen LogP contribution is 2.25. The van der Waals surface area contributed by atoms with E-state index in [1.54, 1.807) is 38.0 Å². The monoisotopic (exact) mass is 428 g/mol. The number of hydrogen-bond acceptors (Lipinski definition) is 8. The van der Waals surface area contributed by atoms with Gasteiger partial charge in [0.15, 0.2) is 11.6 Å². The molecule has 0 atom stereocenters. The van der Waals surface area contributed by atoms with E-state index in [4.69, 9.17) is 0 Å². The maximum absolute atomic E-state index is 13.1. The van der Waals surface area contributed by atoms with Crippen LogP contribution in [0, 0.1) is 13.8 Å². The molecule has 0 aromatic carbocycles. The van der Waals surface area contributed by atoms with Crippen LogP contribution in [0.4, 0.5) is 17.3 Å². The Hall–Kier alpha value is -3.05. The van der Waals surface area contributed by atoms with Crippen LogP contribution in [0.25, 0.3) is 0 Å². The molecule has 3 aromatic heterocycles. The van der Waals surface area contributed by atoms with E-state index in [0.29, 0.717) is 48.3 Å². The first-order valence-corrected chi connectivity index (χ1v) is 11.1. The molecule has 11 heteroatoms. The highest BCUT2D eigenvalue weighted by atomic mass is 32.2. The fraction of sp³-hybridized carbons (Fsp3) is 0.368. The number of anilines is 3. The maximum Gasteiger partial charge on any atom is 0.246 e. The molecule has 1 N–H and O–H groups in total. The molecule has 3 aromatic rings. The van der Waals surface area contributed by atoms with Crippen molar-refractivity contribution in [3.63, 3.8) is 0 Å². The molecule has 30 heavy (non-hydrogen) atoms. The largest absolute Gasteiger partial charge is 0.352 e. The molecule has 4 rings (SSSR count). The number of nitrogens with one attached hydrogen (secondary N) is 1. The Morgan fingerprint density at radius 3 is 2.23 bits per heavy atom. The van der Waals surface area contributed by atoms with E-state index in [1.807, 2.05) is 29.2 Å². The van der Waals surface area contributed by atoms with Gasteiger partial charge in [-0.3, -0.25) is 9.67 Å². The Balaban J connectivity index is 1.42. The lowest BCUT2D eigenvalue weighted by Crippen LogP contribution is -2.49. The summed E-state index contributed by atoms with van der Waals surface area (Å²) in [5.74, 6) is 1.36. The molecular formula is C19H24N8O2S. The Bertz CT molecular complexity index is 1120. The predicted octanol–water partition coefficient (Wildman–Crippen LogP) is 1.48. The van der Waals surface area contributed by atoms with E-state index < -0.39 is 10.0 Å². The van der Waals surface area contributed by atoms with Crippen LogP contribution in [-0.4, -0.2) is 63.9 Å². The van der Waals surface area contributed by atoms with Crippen molar-refractivity contribution in [3.8, 4) is 0 Å². The van der Waals surface area contributed by atoms with E-state index in [1.165, 1.54) is 4.31 Å². The Morgan fingerprint density at radius 2 is 1.67 bits per heavy atom. The molecule has 1 fully saturated rings. The first-order valence-electron chi connectivity index (χ1n) is 9.62. The zero-order valence-corrected chi connectivity index (χ0v) is 18.0. The number of aromatic nitrogens is 5. The van der Waals surface area contributed by atoms with Crippen LogP contribution in [-0.2, 0) is 17.1 Å². The highest BCUT2D eigenvalue weighted by molar-refractivity contribution is 7.89. The number of nitrogens with zero attached hydrogens (tertiary/aromatic N) is 7. The number of aryl methyl sites for hydroxylation is 2. The van der Waals surface area contributed by atoms with Gasteiger partial charge in [0.05, 0.1) is 11.4 Å². The highest BCUT2D eigenvalue weighted by Gasteiger charge is 2.33. The van der Waals surface area contributed by atoms with Crippen molar-refractivity contribution in [2.24, 2.45) is 7.05 Å². The Morgan fingerprint density at radius 1 is 0.967 bits per heavy atom. The number of rotatable bonds is 5. The minimum Gasteiger partial charge on any atom is -0.352 e. The molecule has 0 aliphatic carbocycles. The minimum absolute atomic E-state index is 0.310. The number of piperazine rings is 1. The van der Waals surface area contributed by atoms with Gasteiger partial charge in [0.25, 0.3) is 0 Å². The molecular weight excluding hydrogens is 404 g/mol. The fourth-order valence-corrected chi connectivity index (χ4v) is 5.38. The Kier molecular flexibility index (Phi) is 5.39. The number of hydrogen-bond donors (Lipinski definition) is 1. The van der Waals surface area contributed by atoms with E-state index in [2.05, 4.69) is 25.6 Å². The maximum atomic E-state index is 13.1. The summed E-state index contributed by atoms with van der Waals surface area (Å²) in [6.45, 7) is 5.37. The van der Waals surface area contributed by atoms with E-state index >= 15 is 0 Å². The van der Waals surface area contributed by atoms with Gasteiger partial charge in [-0.15, -0.1) is 10.2 Å². The van der Waals surface area contributed by atoms with Gasteiger partial charge >= 0.3 is 0 Å². The molecule has 0 bridgehead atoms. The summed E-state index contributed by atoms with van der Waals surface area (Å²) >= 11 is 0. The summed E-state index contributed by atoms with van der Waals surface area (Å²) in [6, 6.07) is 7.44. The average Bonchev–Trinajstić information content (AvgIpc) is 3.01. The summed E-state index contributed by atoms with van der Waals surface area (Å²) < 4.78 is 29.4. The second-order valence-corrected chi connectivity index (χ2v) is 9.03. The SMILES string of the molecule is Cc1nn(C)c(C)c1S(=O)(=O)N1CCN(c2ccc(Nc3ccncc3)nn2)CC1. The van der Waals surface area contributed by atoms with Gasteiger partial charge in [-0.05, 0) is 38.1 Å². The third-order valence-electron chi connectivity index (χ3n) is 5.21. The zero-order valence-electron chi connectivity index (χ0n) is 17.1. The van der Waals surface area contributed by atoms with Crippen molar-refractivity contribution in [2.45, 2.75) is 18.7 Å². The smallest absolute Gasteiger partial charge is 0.246 e. The lowest BCUT2D eigenvalue weighted by molar-refractivity contribution is 0.383. The van der Waals surface area contributed by atoms with Crippen molar-refractivity contribution in [2.75, 3.05) is 36.4 Å². The van der Waals surface area contributed by atoms with Gasteiger partial charge in [-0.1, -0.05) is 0 Å². The van der Waals surface area contributed by atoms with Gasteiger partial charge in [-0.25, -0.2) is 8.42 Å². The molecule has 0 radical (unpaired) electrons. The van der Waals surface area contributed by atoms with Crippen molar-refractivity contribution in [3.05, 3.63) is 48.0 Å². The van der Waals surface area contributed by atoms with Gasteiger partial charge in [0.1, 0.15) is 4.90 Å². The summed E-state index contributed by atoms with van der Waals surface area (Å²) in [6.07, 6.45) is 3.40. The van der Waals surface area contributed by atoms with Gasteiger partial charge in [-0.2, -0.15) is 9.40 Å². The van der Waals surface area contributed by atoms with Crippen molar-refractivity contribution < 1.29 is 8.42 Å². The van der Waals surface area contributed by atoms with Gasteiger partial charge in [0, 0.05) is 51.3 Å². The van der Waals surface area contributed by atoms with Gasteiger partial charge in [0.2, 0.25) is 10.0 Å². The van der Waals surface area contributed by atoms with Crippen molar-refractivity contribution >= 4 is 27.3 Å². The molecule has 0 amide bonds. The molecule has 0 unspecified atom stereocenters. The fourth-order valence-electron chi connectivity index (χ4n) is 3.56. The second kappa shape index (κ2) is 8.00. The first-order chi connectivity index (χ1) is 14.4. The third kappa shape index (κ3) is 3.85. The average molecular weight is 429 g/mol. The second-order valence-electron chi connectivity index (χ2n) is 7.15. The third-order valence-corrected chi connectivity index (χ3v) is 7.36. The predicted molar refractivity (Wildman–Crippen MR) is 113 cm³/mol. The first kappa shape index (κ1) is 20.2. The van der Waals surface area contributed by atoms with E-state index in [0.717, 1.165) is 11.5 Å². The van der Waals surface area contributed by atoms with Crippen LogP contribution in [0.3, 0.4) is 0 Å². The van der Waals surface area contributed by atoms with Crippen LogP contribution < -0.4 is 10.2 Å². The van der Waals surface area contributed by atoms with Crippen LogP contribution in [0.2, 0.25) is 0 Å². The number of sulfonamides is 1. The van der Waals surface area contributed by atoms with Gasteiger partial charge < -0.3 is 10.2 Å². The normalized spacial score (nSPS) is 15.4. The van der Waals surface area contributed by atoms with Crippen LogP contribution in [0.5, 0.6) is 0 Å². The van der Waals surface area contributed by atoms with Crippen molar-refractivity contribution in [1.29, 1.82) is 0 Å². The molecule has 0 spiro atoms. The molecule has 1 aliphatic heterocycles. The minimum atomic E-state index is -3.58. The number of pyridine rings is 1. The lowest BCUT2D eigenvalue weighted by atomic mass is 10.3. The lowest BCUT2D eigenvalue weighted by Gasteiger charge is -2.34. The summed E-state index contributed by atoms with van der Waals surface area (Å²) in [7, 11) is -1.82. The zero-order chi connectivity index (χ0) is 21.3. The summed E-state index contributed by atoms with van der Waals surface area (Å²) in [5.41, 5.74) is 2.06. The van der Waals surface area contributed by atoms with Crippen LogP contribution >= 0.6 is 0 Å². The standard InChI is InChI=1S/C19H24N8O2S/c1-14-19(15(2)25(3)24-14)30(28,29)27-12-10-26(11-13-27)18-5-4-17(22-23-18)21-16-6-8-20-9-7-16/h4-9H,10-13H2,1-3H3,(H,20,21,22). The van der Waals surface area contributed by atoms with E-state index in [-0.39, 0.29) is 0 Å². The summed E-state index contributed by atoms with van der Waals surface area (Å²) in [4.78, 5) is 6.33. The van der Waals surface area contributed by atoms with Crippen molar-refractivity contribution in [1.82, 2.24) is 29.3 Å². The van der Waals surface area contributed by atoms with E-state index in [9.17, 15) is 8.42 Å². The molecule has 4 heterocycles. The molecule has 1 saturated heterocycles. The molecule has 1 aliphatic rings. The topological polar surface area (TPSA) is 109 Å². The Labute approximate surface area is 175 Å². The molecule has 158 valence electrons. The quantitative estimate of drug-likeness (QED) is 0.651. The summed E-state index contributed by atoms with van der Waals surface area (Å²) in [5, 5.41) is 15.9. The molecule has 0 saturated carbocycles.